The summed E-state index contributed by atoms with van der Waals surface area (Å²) in [6.07, 6.45) is -2.62. The Morgan fingerprint density at radius 1 is 1.23 bits per heavy atom. The molecular formula is C15H11F3IN3. The van der Waals surface area contributed by atoms with Gasteiger partial charge in [-0.3, -0.25) is 0 Å². The van der Waals surface area contributed by atoms with Crippen molar-refractivity contribution in [2.75, 3.05) is 0 Å². The normalized spacial score (nSPS) is 12.0. The summed E-state index contributed by atoms with van der Waals surface area (Å²) in [5.41, 5.74) is 1.36. The number of alkyl halides is 3. The molecule has 0 unspecified atom stereocenters. The molecule has 0 fully saturated rings. The van der Waals surface area contributed by atoms with Crippen molar-refractivity contribution in [1.29, 1.82) is 0 Å². The van der Waals surface area contributed by atoms with Gasteiger partial charge in [0.05, 0.1) is 11.1 Å². The van der Waals surface area contributed by atoms with Gasteiger partial charge in [0.2, 0.25) is 0 Å². The third-order valence-electron chi connectivity index (χ3n) is 3.36. The average molecular weight is 417 g/mol. The minimum absolute atomic E-state index is 0.327. The van der Waals surface area contributed by atoms with E-state index in [1.54, 1.807) is 12.3 Å². The highest BCUT2D eigenvalue weighted by Gasteiger charge is 2.30. The molecule has 0 amide bonds. The van der Waals surface area contributed by atoms with Crippen molar-refractivity contribution in [3.8, 4) is 0 Å². The Labute approximate surface area is 138 Å². The molecule has 3 nitrogen and oxygen atoms in total. The number of hydrogen-bond donors (Lipinski definition) is 0. The first kappa shape index (κ1) is 15.3. The van der Waals surface area contributed by atoms with Gasteiger partial charge in [0.15, 0.2) is 5.65 Å². The van der Waals surface area contributed by atoms with Crippen LogP contribution >= 0.6 is 22.6 Å². The molecule has 0 aliphatic rings. The maximum atomic E-state index is 12.8. The topological polar surface area (TPSA) is 30.7 Å². The summed E-state index contributed by atoms with van der Waals surface area (Å²) >= 11 is 2.15. The van der Waals surface area contributed by atoms with E-state index in [4.69, 9.17) is 0 Å². The Morgan fingerprint density at radius 3 is 2.73 bits per heavy atom. The van der Waals surface area contributed by atoms with E-state index in [0.717, 1.165) is 21.0 Å². The maximum Gasteiger partial charge on any atom is 0.416 e. The van der Waals surface area contributed by atoms with Crippen LogP contribution in [-0.2, 0) is 12.7 Å². The molecule has 0 N–H and O–H groups in total. The van der Waals surface area contributed by atoms with Crippen LogP contribution in [0.25, 0.3) is 11.2 Å². The van der Waals surface area contributed by atoms with Crippen LogP contribution < -0.4 is 0 Å². The molecule has 0 atom stereocenters. The minimum Gasteiger partial charge on any atom is -0.322 e. The molecule has 3 rings (SSSR count). The van der Waals surface area contributed by atoms with Gasteiger partial charge in [0.1, 0.15) is 5.82 Å². The number of halogens is 4. The standard InChI is InChI=1S/C15H11F3IN3/c1-9-21-14-13(6-12(19)7-20-14)22(9)8-10-3-2-4-11(5-10)15(16,17)18/h2-7H,8H2,1H3. The number of benzene rings is 1. The fourth-order valence-corrected chi connectivity index (χ4v) is 2.76. The molecule has 0 aliphatic heterocycles. The predicted molar refractivity (Wildman–Crippen MR) is 85.5 cm³/mol. The molecular weight excluding hydrogens is 406 g/mol. The second kappa shape index (κ2) is 5.53. The Morgan fingerprint density at radius 2 is 2.00 bits per heavy atom. The number of hydrogen-bond acceptors (Lipinski definition) is 2. The zero-order chi connectivity index (χ0) is 15.9. The van der Waals surface area contributed by atoms with E-state index < -0.39 is 11.7 Å². The second-order valence-corrected chi connectivity index (χ2v) is 6.19. The fourth-order valence-electron chi connectivity index (χ4n) is 2.32. The second-order valence-electron chi connectivity index (χ2n) is 4.94. The van der Waals surface area contributed by atoms with Crippen LogP contribution in [-0.4, -0.2) is 14.5 Å². The summed E-state index contributed by atoms with van der Waals surface area (Å²) in [6.45, 7) is 2.15. The van der Waals surface area contributed by atoms with Crippen molar-refractivity contribution < 1.29 is 13.2 Å². The van der Waals surface area contributed by atoms with Gasteiger partial charge in [0, 0.05) is 16.3 Å². The first-order valence-corrected chi connectivity index (χ1v) is 7.57. The molecule has 0 saturated heterocycles. The molecule has 2 heterocycles. The predicted octanol–water partition coefficient (Wildman–Crippen LogP) is 4.41. The first-order valence-electron chi connectivity index (χ1n) is 6.49. The molecule has 0 radical (unpaired) electrons. The van der Waals surface area contributed by atoms with Gasteiger partial charge < -0.3 is 4.57 Å². The van der Waals surface area contributed by atoms with E-state index >= 15 is 0 Å². The van der Waals surface area contributed by atoms with E-state index in [9.17, 15) is 13.2 Å². The summed E-state index contributed by atoms with van der Waals surface area (Å²) < 4.78 is 41.2. The molecule has 1 aromatic carbocycles. The number of nitrogens with zero attached hydrogens (tertiary/aromatic N) is 3. The Bertz CT molecular complexity index is 840. The van der Waals surface area contributed by atoms with Crippen molar-refractivity contribution in [3.63, 3.8) is 0 Å². The van der Waals surface area contributed by atoms with Crippen molar-refractivity contribution in [1.82, 2.24) is 14.5 Å². The Kier molecular flexibility index (Phi) is 3.84. The van der Waals surface area contributed by atoms with Crippen LogP contribution in [0.2, 0.25) is 0 Å². The third-order valence-corrected chi connectivity index (χ3v) is 3.95. The molecule has 7 heteroatoms. The van der Waals surface area contributed by atoms with Gasteiger partial charge in [-0.05, 0) is 53.3 Å². The summed E-state index contributed by atoms with van der Waals surface area (Å²) in [7, 11) is 0. The van der Waals surface area contributed by atoms with Crippen LogP contribution in [0.3, 0.4) is 0 Å². The lowest BCUT2D eigenvalue weighted by molar-refractivity contribution is -0.137. The van der Waals surface area contributed by atoms with Crippen LogP contribution in [0, 0.1) is 10.5 Å². The quantitative estimate of drug-likeness (QED) is 0.579. The lowest BCUT2D eigenvalue weighted by Gasteiger charge is -2.11. The summed E-state index contributed by atoms with van der Waals surface area (Å²) in [4.78, 5) is 8.59. The Balaban J connectivity index is 2.03. The van der Waals surface area contributed by atoms with Gasteiger partial charge in [-0.25, -0.2) is 9.97 Å². The lowest BCUT2D eigenvalue weighted by Crippen LogP contribution is -2.07. The highest BCUT2D eigenvalue weighted by molar-refractivity contribution is 14.1. The van der Waals surface area contributed by atoms with Gasteiger partial charge in [-0.1, -0.05) is 12.1 Å². The summed E-state index contributed by atoms with van der Waals surface area (Å²) in [5.74, 6) is 0.724. The highest BCUT2D eigenvalue weighted by atomic mass is 127. The van der Waals surface area contributed by atoms with Gasteiger partial charge in [-0.15, -0.1) is 0 Å². The SMILES string of the molecule is Cc1nc2ncc(I)cc2n1Cc1cccc(C(F)(F)F)c1. The number of imidazole rings is 1. The van der Waals surface area contributed by atoms with Crippen LogP contribution in [0.1, 0.15) is 17.0 Å². The molecule has 0 saturated carbocycles. The zero-order valence-electron chi connectivity index (χ0n) is 11.5. The van der Waals surface area contributed by atoms with E-state index in [2.05, 4.69) is 32.6 Å². The van der Waals surface area contributed by atoms with Crippen molar-refractivity contribution >= 4 is 33.8 Å². The number of pyridine rings is 1. The van der Waals surface area contributed by atoms with E-state index in [-0.39, 0.29) is 0 Å². The first-order chi connectivity index (χ1) is 10.3. The average Bonchev–Trinajstić information content (AvgIpc) is 2.75. The van der Waals surface area contributed by atoms with Crippen LogP contribution in [0.4, 0.5) is 13.2 Å². The van der Waals surface area contributed by atoms with Gasteiger partial charge >= 0.3 is 6.18 Å². The smallest absolute Gasteiger partial charge is 0.322 e. The number of rotatable bonds is 2. The van der Waals surface area contributed by atoms with Crippen molar-refractivity contribution in [2.24, 2.45) is 0 Å². The molecule has 3 aromatic rings. The molecule has 2 aromatic heterocycles. The van der Waals surface area contributed by atoms with Crippen molar-refractivity contribution in [2.45, 2.75) is 19.6 Å². The monoisotopic (exact) mass is 417 g/mol. The molecule has 114 valence electrons. The van der Waals surface area contributed by atoms with E-state index in [1.165, 1.54) is 12.1 Å². The molecule has 0 aliphatic carbocycles. The third kappa shape index (κ3) is 2.94. The number of aryl methyl sites for hydroxylation is 1. The van der Waals surface area contributed by atoms with Gasteiger partial charge in [0.25, 0.3) is 0 Å². The Hall–Kier alpha value is -1.64. The van der Waals surface area contributed by atoms with Crippen molar-refractivity contribution in [3.05, 3.63) is 57.1 Å². The summed E-state index contributed by atoms with van der Waals surface area (Å²) in [6, 6.07) is 7.28. The largest absolute Gasteiger partial charge is 0.416 e. The lowest BCUT2D eigenvalue weighted by atomic mass is 10.1. The number of fused-ring (bicyclic) bond motifs is 1. The fraction of sp³-hybridized carbons (Fsp3) is 0.200. The molecule has 0 spiro atoms. The van der Waals surface area contributed by atoms with E-state index in [1.807, 2.05) is 17.6 Å². The molecule has 22 heavy (non-hydrogen) atoms. The highest BCUT2D eigenvalue weighted by Crippen LogP contribution is 2.30. The maximum absolute atomic E-state index is 12.8. The molecule has 0 bridgehead atoms. The number of aromatic nitrogens is 3. The van der Waals surface area contributed by atoms with Crippen LogP contribution in [0.5, 0.6) is 0 Å². The van der Waals surface area contributed by atoms with Gasteiger partial charge in [-0.2, -0.15) is 13.2 Å². The van der Waals surface area contributed by atoms with Crippen LogP contribution in [0.15, 0.2) is 36.5 Å². The minimum atomic E-state index is -4.33. The van der Waals surface area contributed by atoms with E-state index in [0.29, 0.717) is 17.8 Å². The zero-order valence-corrected chi connectivity index (χ0v) is 13.7. The summed E-state index contributed by atoms with van der Waals surface area (Å²) in [5, 5.41) is 0.